The molecular formula is C15H19NO5. The highest BCUT2D eigenvalue weighted by Crippen LogP contribution is 2.31. The summed E-state index contributed by atoms with van der Waals surface area (Å²) in [5, 5.41) is 12.2. The number of hydrogen-bond acceptors (Lipinski definition) is 5. The van der Waals surface area contributed by atoms with Gasteiger partial charge in [-0.3, -0.25) is 0 Å². The molecule has 2 N–H and O–H groups in total. The predicted octanol–water partition coefficient (Wildman–Crippen LogP) is 1.37. The van der Waals surface area contributed by atoms with Crippen LogP contribution in [0.15, 0.2) is 30.3 Å². The van der Waals surface area contributed by atoms with Gasteiger partial charge in [0.1, 0.15) is 12.1 Å². The summed E-state index contributed by atoms with van der Waals surface area (Å²) >= 11 is 0. The number of esters is 1. The van der Waals surface area contributed by atoms with Gasteiger partial charge in [-0.25, -0.2) is 9.59 Å². The maximum absolute atomic E-state index is 11.9. The Bertz CT molecular complexity index is 504. The van der Waals surface area contributed by atoms with Crippen molar-refractivity contribution in [3.63, 3.8) is 0 Å². The van der Waals surface area contributed by atoms with Gasteiger partial charge in [0, 0.05) is 6.42 Å². The van der Waals surface area contributed by atoms with Gasteiger partial charge >= 0.3 is 12.1 Å². The molecule has 21 heavy (non-hydrogen) atoms. The van der Waals surface area contributed by atoms with Crippen molar-refractivity contribution in [2.45, 2.75) is 37.5 Å². The SMILES string of the molecule is COC(=O)[C@]1(NC(=O)OCc2ccccc2)CC[C@H](O)C1. The van der Waals surface area contributed by atoms with Crippen molar-refractivity contribution in [2.75, 3.05) is 7.11 Å². The van der Waals surface area contributed by atoms with E-state index in [1.165, 1.54) is 7.11 Å². The Morgan fingerprint density at radius 1 is 1.38 bits per heavy atom. The van der Waals surface area contributed by atoms with E-state index in [1.807, 2.05) is 30.3 Å². The molecule has 1 amide bonds. The Morgan fingerprint density at radius 2 is 2.10 bits per heavy atom. The highest BCUT2D eigenvalue weighted by Gasteiger charge is 2.47. The van der Waals surface area contributed by atoms with Crippen molar-refractivity contribution in [1.82, 2.24) is 5.32 Å². The molecule has 1 aromatic rings. The summed E-state index contributed by atoms with van der Waals surface area (Å²) in [4.78, 5) is 23.8. The van der Waals surface area contributed by atoms with Gasteiger partial charge in [-0.05, 0) is 18.4 Å². The van der Waals surface area contributed by atoms with Gasteiger partial charge in [0.05, 0.1) is 13.2 Å². The molecule has 0 aliphatic heterocycles. The van der Waals surface area contributed by atoms with E-state index < -0.39 is 23.7 Å². The van der Waals surface area contributed by atoms with Crippen LogP contribution in [0.1, 0.15) is 24.8 Å². The zero-order chi connectivity index (χ0) is 15.3. The molecule has 0 radical (unpaired) electrons. The summed E-state index contributed by atoms with van der Waals surface area (Å²) in [6.45, 7) is 0.118. The Kier molecular flexibility index (Phi) is 4.80. The van der Waals surface area contributed by atoms with E-state index in [2.05, 4.69) is 5.32 Å². The number of nitrogens with one attached hydrogen (secondary N) is 1. The molecule has 0 heterocycles. The topological polar surface area (TPSA) is 84.9 Å². The van der Waals surface area contributed by atoms with E-state index >= 15 is 0 Å². The highest BCUT2D eigenvalue weighted by molar-refractivity contribution is 5.86. The second kappa shape index (κ2) is 6.58. The van der Waals surface area contributed by atoms with Crippen LogP contribution in [-0.2, 0) is 20.9 Å². The second-order valence-corrected chi connectivity index (χ2v) is 5.16. The van der Waals surface area contributed by atoms with Gasteiger partial charge in [-0.15, -0.1) is 0 Å². The van der Waals surface area contributed by atoms with Gasteiger partial charge < -0.3 is 19.9 Å². The quantitative estimate of drug-likeness (QED) is 0.819. The number of aliphatic hydroxyl groups excluding tert-OH is 1. The molecule has 0 saturated heterocycles. The minimum atomic E-state index is -1.19. The molecule has 0 aromatic heterocycles. The number of methoxy groups -OCH3 is 1. The molecule has 2 atom stereocenters. The first-order valence-electron chi connectivity index (χ1n) is 6.81. The van der Waals surface area contributed by atoms with E-state index in [4.69, 9.17) is 9.47 Å². The van der Waals surface area contributed by atoms with Gasteiger partial charge in [-0.1, -0.05) is 30.3 Å². The number of rotatable bonds is 4. The van der Waals surface area contributed by atoms with Gasteiger partial charge in [0.2, 0.25) is 0 Å². The molecule has 1 aliphatic rings. The molecule has 6 heteroatoms. The van der Waals surface area contributed by atoms with E-state index in [1.54, 1.807) is 0 Å². The zero-order valence-electron chi connectivity index (χ0n) is 11.9. The van der Waals surface area contributed by atoms with Crippen LogP contribution in [-0.4, -0.2) is 35.9 Å². The highest BCUT2D eigenvalue weighted by atomic mass is 16.6. The number of benzene rings is 1. The Morgan fingerprint density at radius 3 is 2.67 bits per heavy atom. The molecule has 1 saturated carbocycles. The first-order valence-corrected chi connectivity index (χ1v) is 6.81. The van der Waals surface area contributed by atoms with E-state index in [0.717, 1.165) is 5.56 Å². The first kappa shape index (κ1) is 15.3. The summed E-state index contributed by atoms with van der Waals surface area (Å²) in [7, 11) is 1.26. The lowest BCUT2D eigenvalue weighted by Gasteiger charge is -2.26. The number of amides is 1. The van der Waals surface area contributed by atoms with Crippen molar-refractivity contribution in [2.24, 2.45) is 0 Å². The van der Waals surface area contributed by atoms with Crippen LogP contribution in [0.2, 0.25) is 0 Å². The van der Waals surface area contributed by atoms with Crippen LogP contribution in [0.4, 0.5) is 4.79 Å². The molecule has 114 valence electrons. The molecule has 1 aromatic carbocycles. The monoisotopic (exact) mass is 293 g/mol. The smallest absolute Gasteiger partial charge is 0.408 e. The third-order valence-corrected chi connectivity index (χ3v) is 3.62. The predicted molar refractivity (Wildman–Crippen MR) is 74.4 cm³/mol. The maximum atomic E-state index is 11.9. The molecule has 1 aliphatic carbocycles. The van der Waals surface area contributed by atoms with Crippen LogP contribution >= 0.6 is 0 Å². The average molecular weight is 293 g/mol. The molecular weight excluding hydrogens is 274 g/mol. The summed E-state index contributed by atoms with van der Waals surface area (Å²) < 4.78 is 9.83. The molecule has 0 unspecified atom stereocenters. The Labute approximate surface area is 123 Å². The van der Waals surface area contributed by atoms with Crippen LogP contribution in [0.5, 0.6) is 0 Å². The number of carbonyl (C=O) groups is 2. The standard InChI is InChI=1S/C15H19NO5/c1-20-13(18)15(8-7-12(17)9-15)16-14(19)21-10-11-5-3-2-4-6-11/h2-6,12,17H,7-10H2,1H3,(H,16,19)/t12-,15-/m0/s1. The number of ether oxygens (including phenoxy) is 2. The van der Waals surface area contributed by atoms with Gasteiger partial charge in [0.25, 0.3) is 0 Å². The normalized spacial score (nSPS) is 24.4. The van der Waals surface area contributed by atoms with Crippen molar-refractivity contribution >= 4 is 12.1 Å². The lowest BCUT2D eigenvalue weighted by Crippen LogP contribution is -2.53. The number of alkyl carbamates (subject to hydrolysis) is 1. The molecule has 0 spiro atoms. The second-order valence-electron chi connectivity index (χ2n) is 5.16. The lowest BCUT2D eigenvalue weighted by molar-refractivity contribution is -0.148. The van der Waals surface area contributed by atoms with Crippen LogP contribution < -0.4 is 5.32 Å². The number of hydrogen-bond donors (Lipinski definition) is 2. The summed E-state index contributed by atoms with van der Waals surface area (Å²) in [6, 6.07) is 9.24. The molecule has 0 bridgehead atoms. The van der Waals surface area contributed by atoms with E-state index in [9.17, 15) is 14.7 Å². The van der Waals surface area contributed by atoms with Crippen LogP contribution in [0.25, 0.3) is 0 Å². The fraction of sp³-hybridized carbons (Fsp3) is 0.467. The molecule has 2 rings (SSSR count). The van der Waals surface area contributed by atoms with Crippen LogP contribution in [0, 0.1) is 0 Å². The third kappa shape index (κ3) is 3.72. The van der Waals surface area contributed by atoms with E-state index in [-0.39, 0.29) is 13.0 Å². The van der Waals surface area contributed by atoms with Crippen molar-refractivity contribution in [3.8, 4) is 0 Å². The summed E-state index contributed by atoms with van der Waals surface area (Å²) in [5.74, 6) is -0.560. The lowest BCUT2D eigenvalue weighted by atomic mass is 9.98. The van der Waals surface area contributed by atoms with Crippen LogP contribution in [0.3, 0.4) is 0 Å². The Balaban J connectivity index is 1.94. The first-order chi connectivity index (χ1) is 10.1. The summed E-state index contributed by atoms with van der Waals surface area (Å²) in [5.41, 5.74) is -0.340. The fourth-order valence-electron chi connectivity index (χ4n) is 2.52. The number of aliphatic hydroxyl groups is 1. The number of carbonyl (C=O) groups excluding carboxylic acids is 2. The minimum absolute atomic E-state index is 0.118. The average Bonchev–Trinajstić information content (AvgIpc) is 2.87. The maximum Gasteiger partial charge on any atom is 0.408 e. The molecule has 6 nitrogen and oxygen atoms in total. The van der Waals surface area contributed by atoms with Gasteiger partial charge in [0.15, 0.2) is 0 Å². The van der Waals surface area contributed by atoms with E-state index in [0.29, 0.717) is 12.8 Å². The Hall–Kier alpha value is -2.08. The van der Waals surface area contributed by atoms with Gasteiger partial charge in [-0.2, -0.15) is 0 Å². The van der Waals surface area contributed by atoms with Crippen molar-refractivity contribution in [1.29, 1.82) is 0 Å². The zero-order valence-corrected chi connectivity index (χ0v) is 11.9. The van der Waals surface area contributed by atoms with Crippen molar-refractivity contribution in [3.05, 3.63) is 35.9 Å². The van der Waals surface area contributed by atoms with Crippen molar-refractivity contribution < 1.29 is 24.2 Å². The third-order valence-electron chi connectivity index (χ3n) is 3.62. The summed E-state index contributed by atoms with van der Waals surface area (Å²) in [6.07, 6.45) is -0.410. The largest absolute Gasteiger partial charge is 0.467 e. The molecule has 1 fully saturated rings. The minimum Gasteiger partial charge on any atom is -0.467 e. The fourth-order valence-corrected chi connectivity index (χ4v) is 2.52.